The van der Waals surface area contributed by atoms with Crippen molar-refractivity contribution in [3.63, 3.8) is 0 Å². The van der Waals surface area contributed by atoms with Gasteiger partial charge < -0.3 is 15.8 Å². The van der Waals surface area contributed by atoms with E-state index in [1.807, 2.05) is 12.1 Å². The highest BCUT2D eigenvalue weighted by Gasteiger charge is 2.24. The van der Waals surface area contributed by atoms with Gasteiger partial charge in [-0.2, -0.15) is 0 Å². The second kappa shape index (κ2) is 20.8. The number of anilines is 1. The van der Waals surface area contributed by atoms with Crippen LogP contribution in [0.15, 0.2) is 48.6 Å². The van der Waals surface area contributed by atoms with Crippen molar-refractivity contribution >= 4 is 18.1 Å². The van der Waals surface area contributed by atoms with Crippen LogP contribution in [0.2, 0.25) is 0 Å². The number of hydrogen-bond acceptors (Lipinski definition) is 4. The Morgan fingerprint density at radius 3 is 2.23 bits per heavy atom. The van der Waals surface area contributed by atoms with Crippen molar-refractivity contribution in [2.75, 3.05) is 5.73 Å². The molecule has 1 amide bonds. The quantitative estimate of drug-likeness (QED) is 0.0853. The van der Waals surface area contributed by atoms with Crippen LogP contribution in [0.4, 0.5) is 10.5 Å². The van der Waals surface area contributed by atoms with E-state index in [4.69, 9.17) is 10.5 Å². The average Bonchev–Trinajstić information content (AvgIpc) is 2.86. The second-order valence-corrected chi connectivity index (χ2v) is 9.29. The van der Waals surface area contributed by atoms with Gasteiger partial charge in [-0.1, -0.05) is 95.2 Å². The highest BCUT2D eigenvalue weighted by Crippen LogP contribution is 2.23. The van der Waals surface area contributed by atoms with Gasteiger partial charge in [0.05, 0.1) is 0 Å². The molecule has 0 radical (unpaired) electrons. The maximum Gasteiger partial charge on any atom is 0.408 e. The van der Waals surface area contributed by atoms with E-state index < -0.39 is 12.2 Å². The number of nitrogen functional groups attached to an aromatic ring is 1. The summed E-state index contributed by atoms with van der Waals surface area (Å²) in [5, 5.41) is 2.76. The Labute approximate surface area is 213 Å². The van der Waals surface area contributed by atoms with Gasteiger partial charge in [-0.05, 0) is 56.2 Å². The Hall–Kier alpha value is -2.56. The minimum absolute atomic E-state index is 0.0751. The molecule has 3 N–H and O–H groups in total. The fourth-order valence-electron chi connectivity index (χ4n) is 4.09. The Kier molecular flexibility index (Phi) is 18.1. The number of ether oxygens (including phenoxy) is 1. The van der Waals surface area contributed by atoms with Crippen molar-refractivity contribution < 1.29 is 14.3 Å². The van der Waals surface area contributed by atoms with Crippen LogP contribution in [-0.2, 0) is 16.1 Å². The Morgan fingerprint density at radius 2 is 1.57 bits per heavy atom. The van der Waals surface area contributed by atoms with Gasteiger partial charge in [-0.3, -0.25) is 4.79 Å². The summed E-state index contributed by atoms with van der Waals surface area (Å²) in [5.74, 6) is 0.0751. The lowest BCUT2D eigenvalue weighted by Gasteiger charge is -2.23. The van der Waals surface area contributed by atoms with Crippen molar-refractivity contribution in [1.29, 1.82) is 0 Å². The third-order valence-electron chi connectivity index (χ3n) is 6.22. The predicted octanol–water partition coefficient (Wildman–Crippen LogP) is 7.90. The van der Waals surface area contributed by atoms with Gasteiger partial charge in [0.2, 0.25) is 0 Å². The first-order valence-electron chi connectivity index (χ1n) is 13.6. The molecule has 35 heavy (non-hydrogen) atoms. The number of nitrogens with one attached hydrogen (secondary N) is 1. The smallest absolute Gasteiger partial charge is 0.408 e. The number of alkyl carbamates (subject to hydrolysis) is 1. The normalized spacial score (nSPS) is 13.2. The zero-order valence-electron chi connectivity index (χ0n) is 22.1. The molecule has 0 aromatic heterocycles. The molecule has 0 saturated carbocycles. The SMILES string of the molecule is CC/C=C/C/C=C/CCCCCC(CCCCCCC)C(C=O)OC(=O)NCc1ccc(N)cc1. The molecule has 2 atom stereocenters. The number of nitrogens with two attached hydrogens (primary N) is 1. The van der Waals surface area contributed by atoms with E-state index in [2.05, 4.69) is 43.5 Å². The molecule has 0 aliphatic heterocycles. The van der Waals surface area contributed by atoms with Gasteiger partial charge in [-0.15, -0.1) is 0 Å². The summed E-state index contributed by atoms with van der Waals surface area (Å²) in [4.78, 5) is 24.3. The minimum Gasteiger partial charge on any atom is -0.438 e. The van der Waals surface area contributed by atoms with Gasteiger partial charge in [0.15, 0.2) is 12.4 Å². The summed E-state index contributed by atoms with van der Waals surface area (Å²) in [6.45, 7) is 4.69. The standard InChI is InChI=1S/C30H48N2O3/c1-3-5-7-9-10-11-12-13-15-17-19-27(18-16-14-8-6-4-2)29(25-33)35-30(34)32-24-26-20-22-28(31)23-21-26/h5,7,10-11,20-23,25,27,29H,3-4,6,8-9,12-19,24,31H2,1-2H3,(H,32,34)/b7-5+,11-10+. The van der Waals surface area contributed by atoms with Crippen molar-refractivity contribution in [3.8, 4) is 0 Å². The summed E-state index contributed by atoms with van der Waals surface area (Å²) < 4.78 is 5.57. The third kappa shape index (κ3) is 15.9. The molecule has 0 aliphatic carbocycles. The van der Waals surface area contributed by atoms with Crippen molar-refractivity contribution in [2.24, 2.45) is 5.92 Å². The monoisotopic (exact) mass is 484 g/mol. The number of amides is 1. The Morgan fingerprint density at radius 1 is 0.914 bits per heavy atom. The van der Waals surface area contributed by atoms with E-state index in [1.165, 1.54) is 19.3 Å². The number of hydrogen-bond donors (Lipinski definition) is 2. The molecule has 2 unspecified atom stereocenters. The number of unbranched alkanes of at least 4 members (excludes halogenated alkanes) is 7. The number of rotatable bonds is 20. The Bertz CT molecular complexity index is 728. The molecule has 0 heterocycles. The van der Waals surface area contributed by atoms with Crippen LogP contribution >= 0.6 is 0 Å². The first-order valence-corrected chi connectivity index (χ1v) is 13.6. The molecule has 5 nitrogen and oxygen atoms in total. The lowest BCUT2D eigenvalue weighted by Crippen LogP contribution is -2.34. The number of allylic oxidation sites excluding steroid dienone is 4. The van der Waals surface area contributed by atoms with Crippen LogP contribution < -0.4 is 11.1 Å². The van der Waals surface area contributed by atoms with Crippen LogP contribution in [0.25, 0.3) is 0 Å². The first kappa shape index (κ1) is 30.5. The topological polar surface area (TPSA) is 81.4 Å². The van der Waals surface area contributed by atoms with E-state index >= 15 is 0 Å². The van der Waals surface area contributed by atoms with Crippen LogP contribution in [0.5, 0.6) is 0 Å². The van der Waals surface area contributed by atoms with Crippen LogP contribution in [0.3, 0.4) is 0 Å². The first-order chi connectivity index (χ1) is 17.1. The van der Waals surface area contributed by atoms with E-state index in [0.29, 0.717) is 12.2 Å². The van der Waals surface area contributed by atoms with E-state index in [1.54, 1.807) is 12.1 Å². The van der Waals surface area contributed by atoms with Gasteiger partial charge in [0.25, 0.3) is 0 Å². The molecule has 196 valence electrons. The second-order valence-electron chi connectivity index (χ2n) is 9.29. The number of carbonyl (C=O) groups excluding carboxylic acids is 2. The van der Waals surface area contributed by atoms with Crippen LogP contribution in [0.1, 0.15) is 103 Å². The average molecular weight is 485 g/mol. The van der Waals surface area contributed by atoms with Crippen molar-refractivity contribution in [3.05, 3.63) is 54.1 Å². The van der Waals surface area contributed by atoms with E-state index in [0.717, 1.165) is 76.1 Å². The van der Waals surface area contributed by atoms with Crippen LogP contribution in [-0.4, -0.2) is 18.5 Å². The molecule has 0 aliphatic rings. The predicted molar refractivity (Wildman–Crippen MR) is 147 cm³/mol. The maximum atomic E-state index is 12.4. The lowest BCUT2D eigenvalue weighted by atomic mass is 9.90. The number of benzene rings is 1. The summed E-state index contributed by atoms with van der Waals surface area (Å²) in [7, 11) is 0. The number of carbonyl (C=O) groups is 2. The van der Waals surface area contributed by atoms with Crippen molar-refractivity contribution in [2.45, 2.75) is 110 Å². The minimum atomic E-state index is -0.696. The van der Waals surface area contributed by atoms with E-state index in [-0.39, 0.29) is 5.92 Å². The highest BCUT2D eigenvalue weighted by atomic mass is 16.6. The highest BCUT2D eigenvalue weighted by molar-refractivity contribution is 5.71. The summed E-state index contributed by atoms with van der Waals surface area (Å²) in [6, 6.07) is 7.32. The molecule has 1 rings (SSSR count). The molecular weight excluding hydrogens is 436 g/mol. The third-order valence-corrected chi connectivity index (χ3v) is 6.22. The van der Waals surface area contributed by atoms with Gasteiger partial charge in [0.1, 0.15) is 0 Å². The van der Waals surface area contributed by atoms with E-state index in [9.17, 15) is 9.59 Å². The zero-order chi connectivity index (χ0) is 25.6. The molecule has 1 aromatic rings. The fourth-order valence-corrected chi connectivity index (χ4v) is 4.09. The largest absolute Gasteiger partial charge is 0.438 e. The molecule has 0 fully saturated rings. The molecule has 0 spiro atoms. The summed E-state index contributed by atoms with van der Waals surface area (Å²) in [6.07, 6.45) is 22.7. The summed E-state index contributed by atoms with van der Waals surface area (Å²) in [5.41, 5.74) is 7.32. The molecule has 1 aromatic carbocycles. The fraction of sp³-hybridized carbons (Fsp3) is 0.600. The molecule has 0 saturated heterocycles. The van der Waals surface area contributed by atoms with Gasteiger partial charge in [-0.25, -0.2) is 4.79 Å². The van der Waals surface area contributed by atoms with Gasteiger partial charge in [0, 0.05) is 18.2 Å². The zero-order valence-corrected chi connectivity index (χ0v) is 22.1. The summed E-state index contributed by atoms with van der Waals surface area (Å²) >= 11 is 0. The number of aldehydes is 1. The van der Waals surface area contributed by atoms with Crippen LogP contribution in [0, 0.1) is 5.92 Å². The lowest BCUT2D eigenvalue weighted by molar-refractivity contribution is -0.118. The maximum absolute atomic E-state index is 12.4. The molecule has 5 heteroatoms. The van der Waals surface area contributed by atoms with Gasteiger partial charge >= 0.3 is 6.09 Å². The Balaban J connectivity index is 2.48. The molecular formula is C30H48N2O3. The van der Waals surface area contributed by atoms with Crippen molar-refractivity contribution in [1.82, 2.24) is 5.32 Å². The molecule has 0 bridgehead atoms.